The van der Waals surface area contributed by atoms with E-state index in [1.165, 1.54) is 5.57 Å². The van der Waals surface area contributed by atoms with Crippen molar-refractivity contribution in [2.24, 2.45) is 0 Å². The second-order valence-electron chi connectivity index (χ2n) is 3.48. The Labute approximate surface area is 99.5 Å². The number of rotatable bonds is 5. The van der Waals surface area contributed by atoms with E-state index in [-0.39, 0.29) is 0 Å². The van der Waals surface area contributed by atoms with Gasteiger partial charge in [-0.05, 0) is 47.5 Å². The third kappa shape index (κ3) is 3.96. The SMILES string of the molecule is C=C(C)CCNc1ccc(OC)c(Br)c1. The average molecular weight is 270 g/mol. The Balaban J connectivity index is 2.55. The van der Waals surface area contributed by atoms with Crippen molar-refractivity contribution >= 4 is 21.6 Å². The number of halogens is 1. The molecule has 15 heavy (non-hydrogen) atoms. The summed E-state index contributed by atoms with van der Waals surface area (Å²) in [6.45, 7) is 6.81. The zero-order valence-corrected chi connectivity index (χ0v) is 10.7. The lowest BCUT2D eigenvalue weighted by Crippen LogP contribution is -2.01. The van der Waals surface area contributed by atoms with Crippen LogP contribution in [0.15, 0.2) is 34.8 Å². The molecule has 1 rings (SSSR count). The van der Waals surface area contributed by atoms with E-state index in [1.54, 1.807) is 7.11 Å². The lowest BCUT2D eigenvalue weighted by atomic mass is 10.2. The first-order valence-electron chi connectivity index (χ1n) is 4.85. The first-order chi connectivity index (χ1) is 7.13. The number of ether oxygens (including phenoxy) is 1. The molecule has 0 aliphatic heterocycles. The minimum absolute atomic E-state index is 0.848. The third-order valence-electron chi connectivity index (χ3n) is 2.03. The smallest absolute Gasteiger partial charge is 0.133 e. The second-order valence-corrected chi connectivity index (χ2v) is 4.34. The van der Waals surface area contributed by atoms with E-state index in [0.29, 0.717) is 0 Å². The molecule has 0 unspecified atom stereocenters. The van der Waals surface area contributed by atoms with Crippen molar-refractivity contribution < 1.29 is 4.74 Å². The highest BCUT2D eigenvalue weighted by molar-refractivity contribution is 9.10. The van der Waals surface area contributed by atoms with Crippen LogP contribution in [0.2, 0.25) is 0 Å². The molecule has 3 heteroatoms. The van der Waals surface area contributed by atoms with Crippen LogP contribution in [0.1, 0.15) is 13.3 Å². The molecule has 2 nitrogen and oxygen atoms in total. The zero-order valence-electron chi connectivity index (χ0n) is 9.14. The predicted octanol–water partition coefficient (Wildman–Crippen LogP) is 3.84. The van der Waals surface area contributed by atoms with Crippen molar-refractivity contribution in [3.63, 3.8) is 0 Å². The van der Waals surface area contributed by atoms with E-state index in [4.69, 9.17) is 4.74 Å². The highest BCUT2D eigenvalue weighted by atomic mass is 79.9. The van der Waals surface area contributed by atoms with E-state index in [2.05, 4.69) is 27.8 Å². The Kier molecular flexibility index (Phi) is 4.69. The molecule has 0 saturated heterocycles. The molecular formula is C12H16BrNO. The minimum atomic E-state index is 0.848. The molecule has 0 saturated carbocycles. The van der Waals surface area contributed by atoms with Gasteiger partial charge in [-0.25, -0.2) is 0 Å². The number of hydrogen-bond donors (Lipinski definition) is 1. The molecule has 0 fully saturated rings. The summed E-state index contributed by atoms with van der Waals surface area (Å²) < 4.78 is 6.12. The normalized spacial score (nSPS) is 9.80. The first-order valence-corrected chi connectivity index (χ1v) is 5.64. The molecule has 0 amide bonds. The lowest BCUT2D eigenvalue weighted by Gasteiger charge is -2.08. The highest BCUT2D eigenvalue weighted by Gasteiger charge is 2.00. The molecule has 0 heterocycles. The van der Waals surface area contributed by atoms with Crippen LogP contribution in [0.4, 0.5) is 5.69 Å². The van der Waals surface area contributed by atoms with Crippen LogP contribution in [0.25, 0.3) is 0 Å². The summed E-state index contributed by atoms with van der Waals surface area (Å²) in [5.41, 5.74) is 2.28. The molecule has 0 bridgehead atoms. The topological polar surface area (TPSA) is 21.3 Å². The van der Waals surface area contributed by atoms with Gasteiger partial charge in [-0.2, -0.15) is 0 Å². The monoisotopic (exact) mass is 269 g/mol. The minimum Gasteiger partial charge on any atom is -0.496 e. The molecule has 1 N–H and O–H groups in total. The summed E-state index contributed by atoms with van der Waals surface area (Å²) in [5, 5.41) is 3.32. The van der Waals surface area contributed by atoms with Crippen LogP contribution in [0.5, 0.6) is 5.75 Å². The summed E-state index contributed by atoms with van der Waals surface area (Å²) in [4.78, 5) is 0. The van der Waals surface area contributed by atoms with Gasteiger partial charge < -0.3 is 10.1 Å². The fraction of sp³-hybridized carbons (Fsp3) is 0.333. The number of nitrogens with one attached hydrogen (secondary N) is 1. The van der Waals surface area contributed by atoms with Crippen molar-refractivity contribution in [3.05, 3.63) is 34.8 Å². The number of benzene rings is 1. The number of anilines is 1. The van der Waals surface area contributed by atoms with Gasteiger partial charge >= 0.3 is 0 Å². The fourth-order valence-corrected chi connectivity index (χ4v) is 1.74. The summed E-state index contributed by atoms with van der Waals surface area (Å²) in [6, 6.07) is 5.95. The molecule has 0 aliphatic rings. The predicted molar refractivity (Wildman–Crippen MR) is 68.6 cm³/mol. The van der Waals surface area contributed by atoms with Crippen LogP contribution in [0.3, 0.4) is 0 Å². The van der Waals surface area contributed by atoms with Crippen LogP contribution in [-0.2, 0) is 0 Å². The number of methoxy groups -OCH3 is 1. The summed E-state index contributed by atoms with van der Waals surface area (Å²) >= 11 is 3.45. The van der Waals surface area contributed by atoms with Crippen LogP contribution in [0, 0.1) is 0 Å². The Hall–Kier alpha value is -0.960. The molecule has 0 spiro atoms. The van der Waals surface area contributed by atoms with E-state index >= 15 is 0 Å². The third-order valence-corrected chi connectivity index (χ3v) is 2.65. The van der Waals surface area contributed by atoms with Crippen LogP contribution in [-0.4, -0.2) is 13.7 Å². The van der Waals surface area contributed by atoms with E-state index < -0.39 is 0 Å². The Morgan fingerprint density at radius 3 is 2.80 bits per heavy atom. The van der Waals surface area contributed by atoms with Crippen molar-refractivity contribution in [1.29, 1.82) is 0 Å². The van der Waals surface area contributed by atoms with Crippen molar-refractivity contribution in [2.75, 3.05) is 19.0 Å². The van der Waals surface area contributed by atoms with Crippen molar-refractivity contribution in [2.45, 2.75) is 13.3 Å². The molecule has 0 aromatic heterocycles. The summed E-state index contributed by atoms with van der Waals surface area (Å²) in [5.74, 6) is 0.848. The van der Waals surface area contributed by atoms with E-state index in [9.17, 15) is 0 Å². The van der Waals surface area contributed by atoms with Crippen LogP contribution >= 0.6 is 15.9 Å². The zero-order chi connectivity index (χ0) is 11.3. The highest BCUT2D eigenvalue weighted by Crippen LogP contribution is 2.27. The average Bonchev–Trinajstić information content (AvgIpc) is 2.17. The molecule has 82 valence electrons. The quantitative estimate of drug-likeness (QED) is 0.821. The number of hydrogen-bond acceptors (Lipinski definition) is 2. The van der Waals surface area contributed by atoms with Crippen LogP contribution < -0.4 is 10.1 Å². The molecular weight excluding hydrogens is 254 g/mol. The van der Waals surface area contributed by atoms with Gasteiger partial charge in [0.2, 0.25) is 0 Å². The van der Waals surface area contributed by atoms with Gasteiger partial charge in [-0.15, -0.1) is 6.58 Å². The van der Waals surface area contributed by atoms with Gasteiger partial charge in [-0.3, -0.25) is 0 Å². The fourth-order valence-electron chi connectivity index (χ4n) is 1.20. The Morgan fingerprint density at radius 2 is 2.27 bits per heavy atom. The summed E-state index contributed by atoms with van der Waals surface area (Å²) in [7, 11) is 1.66. The van der Waals surface area contributed by atoms with Gasteiger partial charge in [0.1, 0.15) is 5.75 Å². The maximum atomic E-state index is 5.15. The molecule has 0 atom stereocenters. The standard InChI is InChI=1S/C12H16BrNO/c1-9(2)6-7-14-10-4-5-12(15-3)11(13)8-10/h4-5,8,14H,1,6-7H2,2-3H3. The maximum Gasteiger partial charge on any atom is 0.133 e. The van der Waals surface area contributed by atoms with Gasteiger partial charge in [0.25, 0.3) is 0 Å². The van der Waals surface area contributed by atoms with Gasteiger partial charge in [0.15, 0.2) is 0 Å². The Morgan fingerprint density at radius 1 is 1.53 bits per heavy atom. The van der Waals surface area contributed by atoms with E-state index in [0.717, 1.165) is 28.9 Å². The van der Waals surface area contributed by atoms with Crippen molar-refractivity contribution in [3.8, 4) is 5.75 Å². The van der Waals surface area contributed by atoms with E-state index in [1.807, 2.05) is 25.1 Å². The molecule has 1 aromatic rings. The largest absolute Gasteiger partial charge is 0.496 e. The lowest BCUT2D eigenvalue weighted by molar-refractivity contribution is 0.412. The van der Waals surface area contributed by atoms with Gasteiger partial charge in [0.05, 0.1) is 11.6 Å². The Bertz CT molecular complexity index is 349. The van der Waals surface area contributed by atoms with Gasteiger partial charge in [-0.1, -0.05) is 5.57 Å². The van der Waals surface area contributed by atoms with Crippen molar-refractivity contribution in [1.82, 2.24) is 0 Å². The maximum absolute atomic E-state index is 5.15. The summed E-state index contributed by atoms with van der Waals surface area (Å²) in [6.07, 6.45) is 0.990. The molecule has 1 aromatic carbocycles. The second kappa shape index (κ2) is 5.81. The first kappa shape index (κ1) is 12.1. The molecule has 0 radical (unpaired) electrons. The van der Waals surface area contributed by atoms with Gasteiger partial charge in [0, 0.05) is 12.2 Å². The molecule has 0 aliphatic carbocycles.